The molecular weight excluding hydrogens is 360 g/mol. The number of furan rings is 1. The third-order valence-electron chi connectivity index (χ3n) is 5.71. The number of carbonyl (C=O) groups excluding carboxylic acids is 2. The summed E-state index contributed by atoms with van der Waals surface area (Å²) >= 11 is 0. The maximum absolute atomic E-state index is 12.5. The summed E-state index contributed by atoms with van der Waals surface area (Å²) in [4.78, 5) is 29.0. The van der Waals surface area contributed by atoms with Crippen LogP contribution in [0.1, 0.15) is 32.4 Å². The van der Waals surface area contributed by atoms with Crippen molar-refractivity contribution in [1.82, 2.24) is 20.4 Å². The monoisotopic (exact) mass is 392 g/mol. The number of carbonyl (C=O) groups is 2. The molecule has 2 aliphatic heterocycles. The number of piperidine rings is 1. The van der Waals surface area contributed by atoms with Crippen molar-refractivity contribution in [3.05, 3.63) is 24.2 Å². The molecule has 8 nitrogen and oxygen atoms in total. The summed E-state index contributed by atoms with van der Waals surface area (Å²) < 4.78 is 10.6. The van der Waals surface area contributed by atoms with Crippen LogP contribution in [0.25, 0.3) is 0 Å². The van der Waals surface area contributed by atoms with Crippen LogP contribution in [0, 0.1) is 5.92 Å². The lowest BCUT2D eigenvalue weighted by molar-refractivity contribution is -0.126. The molecule has 28 heavy (non-hydrogen) atoms. The predicted octanol–water partition coefficient (Wildman–Crippen LogP) is 1.43. The minimum absolute atomic E-state index is 0.0323. The van der Waals surface area contributed by atoms with Crippen LogP contribution in [0.3, 0.4) is 0 Å². The van der Waals surface area contributed by atoms with Crippen molar-refractivity contribution in [1.29, 1.82) is 0 Å². The van der Waals surface area contributed by atoms with Gasteiger partial charge < -0.3 is 24.7 Å². The van der Waals surface area contributed by atoms with E-state index in [1.54, 1.807) is 12.3 Å². The van der Waals surface area contributed by atoms with E-state index in [1.807, 2.05) is 11.0 Å². The van der Waals surface area contributed by atoms with E-state index in [4.69, 9.17) is 9.15 Å². The number of nitrogens with one attached hydrogen (secondary N) is 2. The standard InChI is InChI=1S/C20H32N4O4/c1-20(2,24-9-12-27-13-10-24)15-22-19(26)23-7-5-16(6-8-23)18(25)21-14-17-4-3-11-28-17/h3-4,11,16H,5-10,12-15H2,1-2H3,(H,21,25)(H,22,26). The number of hydrogen-bond acceptors (Lipinski definition) is 5. The van der Waals surface area contributed by atoms with Crippen LogP contribution >= 0.6 is 0 Å². The van der Waals surface area contributed by atoms with Crippen LogP contribution in [-0.4, -0.2) is 73.2 Å². The van der Waals surface area contributed by atoms with Gasteiger partial charge in [0.15, 0.2) is 0 Å². The summed E-state index contributed by atoms with van der Waals surface area (Å²) in [5.74, 6) is 0.724. The molecule has 2 fully saturated rings. The number of nitrogens with zero attached hydrogens (tertiary/aromatic N) is 2. The molecule has 0 unspecified atom stereocenters. The Hall–Kier alpha value is -2.06. The van der Waals surface area contributed by atoms with Crippen molar-refractivity contribution < 1.29 is 18.7 Å². The molecule has 1 aromatic heterocycles. The number of rotatable bonds is 6. The second-order valence-corrected chi connectivity index (χ2v) is 8.13. The van der Waals surface area contributed by atoms with Crippen molar-refractivity contribution in [2.45, 2.75) is 38.8 Å². The highest BCUT2D eigenvalue weighted by Crippen LogP contribution is 2.19. The fourth-order valence-electron chi connectivity index (χ4n) is 3.76. The molecule has 2 N–H and O–H groups in total. The Balaban J connectivity index is 1.37. The minimum atomic E-state index is -0.108. The van der Waals surface area contributed by atoms with Gasteiger partial charge in [0, 0.05) is 44.2 Å². The van der Waals surface area contributed by atoms with E-state index in [9.17, 15) is 9.59 Å². The molecule has 0 radical (unpaired) electrons. The molecule has 0 aliphatic carbocycles. The fourth-order valence-corrected chi connectivity index (χ4v) is 3.76. The third-order valence-corrected chi connectivity index (χ3v) is 5.71. The summed E-state index contributed by atoms with van der Waals surface area (Å²) in [5.41, 5.74) is -0.108. The minimum Gasteiger partial charge on any atom is -0.467 e. The normalized spacial score (nSPS) is 19.4. The number of likely N-dealkylation sites (tertiary alicyclic amines) is 1. The zero-order valence-electron chi connectivity index (χ0n) is 16.9. The molecule has 3 amide bonds. The van der Waals surface area contributed by atoms with Crippen LogP contribution in [-0.2, 0) is 16.1 Å². The highest BCUT2D eigenvalue weighted by Gasteiger charge is 2.31. The molecular formula is C20H32N4O4. The van der Waals surface area contributed by atoms with Gasteiger partial charge in [-0.1, -0.05) is 0 Å². The maximum Gasteiger partial charge on any atom is 0.317 e. The lowest BCUT2D eigenvalue weighted by Crippen LogP contribution is -2.57. The Morgan fingerprint density at radius 2 is 1.86 bits per heavy atom. The highest BCUT2D eigenvalue weighted by molar-refractivity contribution is 5.79. The molecule has 0 aromatic carbocycles. The van der Waals surface area contributed by atoms with E-state index in [0.29, 0.717) is 39.0 Å². The molecule has 1 aromatic rings. The smallest absolute Gasteiger partial charge is 0.317 e. The van der Waals surface area contributed by atoms with Gasteiger partial charge in [0.05, 0.1) is 26.0 Å². The van der Waals surface area contributed by atoms with Gasteiger partial charge in [-0.3, -0.25) is 9.69 Å². The summed E-state index contributed by atoms with van der Waals surface area (Å²) in [6.07, 6.45) is 2.97. The Kier molecular flexibility index (Phi) is 6.96. The quantitative estimate of drug-likeness (QED) is 0.765. The van der Waals surface area contributed by atoms with Gasteiger partial charge in [0.25, 0.3) is 0 Å². The van der Waals surface area contributed by atoms with Crippen LogP contribution in [0.5, 0.6) is 0 Å². The Morgan fingerprint density at radius 1 is 1.14 bits per heavy atom. The first-order valence-corrected chi connectivity index (χ1v) is 10.1. The van der Waals surface area contributed by atoms with Crippen LogP contribution in [0.2, 0.25) is 0 Å². The van der Waals surface area contributed by atoms with Crippen LogP contribution in [0.4, 0.5) is 4.79 Å². The molecule has 2 aliphatic rings. The first kappa shape index (κ1) is 20.7. The molecule has 0 bridgehead atoms. The maximum atomic E-state index is 12.5. The van der Waals surface area contributed by atoms with Crippen LogP contribution < -0.4 is 10.6 Å². The lowest BCUT2D eigenvalue weighted by atomic mass is 9.96. The zero-order chi connectivity index (χ0) is 20.0. The molecule has 3 rings (SSSR count). The molecule has 0 atom stereocenters. The average Bonchev–Trinajstić information content (AvgIpc) is 3.25. The number of amides is 3. The number of ether oxygens (including phenoxy) is 1. The molecule has 8 heteroatoms. The van der Waals surface area contributed by atoms with E-state index >= 15 is 0 Å². The topological polar surface area (TPSA) is 87.1 Å². The van der Waals surface area contributed by atoms with Gasteiger partial charge in [-0.05, 0) is 38.8 Å². The molecule has 3 heterocycles. The summed E-state index contributed by atoms with van der Waals surface area (Å²) in [5, 5.41) is 5.98. The second kappa shape index (κ2) is 9.43. The van der Waals surface area contributed by atoms with Crippen molar-refractivity contribution in [3.8, 4) is 0 Å². The first-order valence-electron chi connectivity index (χ1n) is 10.1. The summed E-state index contributed by atoms with van der Waals surface area (Å²) in [6, 6.07) is 3.60. The van der Waals surface area contributed by atoms with Crippen molar-refractivity contribution in [2.75, 3.05) is 45.9 Å². The Bertz CT molecular complexity index is 633. The molecule has 0 saturated carbocycles. The van der Waals surface area contributed by atoms with E-state index in [2.05, 4.69) is 29.4 Å². The van der Waals surface area contributed by atoms with Gasteiger partial charge >= 0.3 is 6.03 Å². The number of urea groups is 1. The van der Waals surface area contributed by atoms with Gasteiger partial charge in [-0.2, -0.15) is 0 Å². The van der Waals surface area contributed by atoms with Gasteiger partial charge in [0.2, 0.25) is 5.91 Å². The third kappa shape index (κ3) is 5.48. The Labute approximate surface area is 166 Å². The summed E-state index contributed by atoms with van der Waals surface area (Å²) in [6.45, 7) is 9.76. The Morgan fingerprint density at radius 3 is 2.50 bits per heavy atom. The van der Waals surface area contributed by atoms with E-state index in [0.717, 1.165) is 32.1 Å². The van der Waals surface area contributed by atoms with E-state index in [1.165, 1.54) is 0 Å². The van der Waals surface area contributed by atoms with Gasteiger partial charge in [0.1, 0.15) is 5.76 Å². The number of morpholine rings is 1. The lowest BCUT2D eigenvalue weighted by Gasteiger charge is -2.41. The van der Waals surface area contributed by atoms with Gasteiger partial charge in [-0.15, -0.1) is 0 Å². The average molecular weight is 393 g/mol. The molecule has 0 spiro atoms. The van der Waals surface area contributed by atoms with E-state index in [-0.39, 0.29) is 23.4 Å². The summed E-state index contributed by atoms with van der Waals surface area (Å²) in [7, 11) is 0. The van der Waals surface area contributed by atoms with Crippen molar-refractivity contribution in [3.63, 3.8) is 0 Å². The largest absolute Gasteiger partial charge is 0.467 e. The van der Waals surface area contributed by atoms with Crippen LogP contribution in [0.15, 0.2) is 22.8 Å². The molecule has 156 valence electrons. The molecule has 2 saturated heterocycles. The van der Waals surface area contributed by atoms with E-state index < -0.39 is 0 Å². The van der Waals surface area contributed by atoms with Crippen molar-refractivity contribution in [2.24, 2.45) is 5.92 Å². The SMILES string of the molecule is CC(C)(CNC(=O)N1CCC(C(=O)NCc2ccco2)CC1)N1CCOCC1. The first-order chi connectivity index (χ1) is 13.5. The fraction of sp³-hybridized carbons (Fsp3) is 0.700. The second-order valence-electron chi connectivity index (χ2n) is 8.13. The predicted molar refractivity (Wildman–Crippen MR) is 105 cm³/mol. The van der Waals surface area contributed by atoms with Gasteiger partial charge in [-0.25, -0.2) is 4.79 Å². The van der Waals surface area contributed by atoms with Crippen molar-refractivity contribution >= 4 is 11.9 Å². The highest BCUT2D eigenvalue weighted by atomic mass is 16.5. The zero-order valence-corrected chi connectivity index (χ0v) is 16.9. The number of hydrogen-bond donors (Lipinski definition) is 2.